The normalized spacial score (nSPS) is 23.9. The van der Waals surface area contributed by atoms with Gasteiger partial charge in [-0.05, 0) is 20.3 Å². The van der Waals surface area contributed by atoms with Crippen molar-refractivity contribution in [3.63, 3.8) is 0 Å². The Bertz CT molecular complexity index is 447. The molecule has 2 heterocycles. The number of anilines is 1. The lowest BCUT2D eigenvalue weighted by molar-refractivity contribution is -0.0666. The van der Waals surface area contributed by atoms with E-state index in [1.807, 2.05) is 13.8 Å². The van der Waals surface area contributed by atoms with Crippen molar-refractivity contribution in [1.82, 2.24) is 9.88 Å². The maximum Gasteiger partial charge on any atom is 0.257 e. The molecule has 0 unspecified atom stereocenters. The van der Waals surface area contributed by atoms with Gasteiger partial charge in [0.1, 0.15) is 6.17 Å². The third kappa shape index (κ3) is 3.07. The highest BCUT2D eigenvalue weighted by Crippen LogP contribution is 2.22. The van der Waals surface area contributed by atoms with Gasteiger partial charge in [0.2, 0.25) is 0 Å². The van der Waals surface area contributed by atoms with Crippen LogP contribution >= 0.6 is 0 Å². The van der Waals surface area contributed by atoms with E-state index in [4.69, 9.17) is 10.5 Å². The van der Waals surface area contributed by atoms with Gasteiger partial charge < -0.3 is 20.4 Å². The Balaban J connectivity index is 1.98. The van der Waals surface area contributed by atoms with Crippen molar-refractivity contribution in [2.45, 2.75) is 38.6 Å². The first kappa shape index (κ1) is 13.9. The second-order valence-corrected chi connectivity index (χ2v) is 5.10. The van der Waals surface area contributed by atoms with E-state index >= 15 is 0 Å². The molecule has 106 valence electrons. The number of rotatable bonds is 3. The summed E-state index contributed by atoms with van der Waals surface area (Å²) < 4.78 is 19.5. The predicted molar refractivity (Wildman–Crippen MR) is 70.6 cm³/mol. The molecular formula is C13H20FN3O2. The number of nitrogens with two attached hydrogens (primary N) is 1. The van der Waals surface area contributed by atoms with Crippen molar-refractivity contribution < 1.29 is 13.9 Å². The number of aromatic amines is 1. The van der Waals surface area contributed by atoms with Gasteiger partial charge in [0.05, 0.1) is 30.0 Å². The molecule has 2 rings (SSSR count). The van der Waals surface area contributed by atoms with Crippen LogP contribution < -0.4 is 5.73 Å². The second-order valence-electron chi connectivity index (χ2n) is 5.10. The van der Waals surface area contributed by atoms with E-state index in [0.717, 1.165) is 0 Å². The molecule has 0 aliphatic carbocycles. The molecule has 6 heteroatoms. The van der Waals surface area contributed by atoms with Crippen molar-refractivity contribution in [2.75, 3.05) is 18.8 Å². The molecule has 1 amide bonds. The highest BCUT2D eigenvalue weighted by molar-refractivity contribution is 5.99. The molecule has 0 saturated carbocycles. The molecule has 0 bridgehead atoms. The SMILES string of the molecule is CC(C)O[C@H]1CCN(C(=O)c2c[nH]cc2N)C[C@H]1F. The first-order chi connectivity index (χ1) is 8.99. The fourth-order valence-corrected chi connectivity index (χ4v) is 2.30. The third-order valence-electron chi connectivity index (χ3n) is 3.22. The number of piperidine rings is 1. The number of nitrogens with one attached hydrogen (secondary N) is 1. The summed E-state index contributed by atoms with van der Waals surface area (Å²) in [7, 11) is 0. The lowest BCUT2D eigenvalue weighted by Crippen LogP contribution is -2.48. The highest BCUT2D eigenvalue weighted by Gasteiger charge is 2.33. The molecular weight excluding hydrogens is 249 g/mol. The predicted octanol–water partition coefficient (Wildman–Crippen LogP) is 1.57. The molecule has 1 aromatic heterocycles. The summed E-state index contributed by atoms with van der Waals surface area (Å²) >= 11 is 0. The van der Waals surface area contributed by atoms with Crippen LogP contribution in [0.15, 0.2) is 12.4 Å². The number of ether oxygens (including phenoxy) is 1. The van der Waals surface area contributed by atoms with E-state index in [1.165, 1.54) is 4.90 Å². The maximum absolute atomic E-state index is 14.0. The van der Waals surface area contributed by atoms with E-state index < -0.39 is 12.3 Å². The highest BCUT2D eigenvalue weighted by atomic mass is 19.1. The number of carbonyl (C=O) groups is 1. The van der Waals surface area contributed by atoms with Crippen molar-refractivity contribution in [3.05, 3.63) is 18.0 Å². The Morgan fingerprint density at radius 3 is 2.84 bits per heavy atom. The first-order valence-corrected chi connectivity index (χ1v) is 6.50. The van der Waals surface area contributed by atoms with E-state index in [-0.39, 0.29) is 18.6 Å². The van der Waals surface area contributed by atoms with Gasteiger partial charge in [-0.2, -0.15) is 0 Å². The van der Waals surface area contributed by atoms with Gasteiger partial charge in [-0.25, -0.2) is 4.39 Å². The minimum Gasteiger partial charge on any atom is -0.397 e. The number of likely N-dealkylation sites (tertiary alicyclic amines) is 1. The summed E-state index contributed by atoms with van der Waals surface area (Å²) in [4.78, 5) is 16.4. The molecule has 1 aromatic rings. The van der Waals surface area contributed by atoms with Gasteiger partial charge in [-0.3, -0.25) is 4.79 Å². The van der Waals surface area contributed by atoms with Crippen molar-refractivity contribution >= 4 is 11.6 Å². The van der Waals surface area contributed by atoms with Crippen LogP contribution in [-0.2, 0) is 4.74 Å². The Morgan fingerprint density at radius 2 is 2.32 bits per heavy atom. The molecule has 19 heavy (non-hydrogen) atoms. The minimum absolute atomic E-state index is 0.00850. The molecule has 1 aliphatic rings. The summed E-state index contributed by atoms with van der Waals surface area (Å²) in [5.41, 5.74) is 6.47. The number of aromatic nitrogens is 1. The zero-order valence-corrected chi connectivity index (χ0v) is 11.2. The molecule has 2 atom stereocenters. The molecule has 3 N–H and O–H groups in total. The smallest absolute Gasteiger partial charge is 0.257 e. The van der Waals surface area contributed by atoms with Gasteiger partial charge in [0.25, 0.3) is 5.91 Å². The van der Waals surface area contributed by atoms with Crippen LogP contribution in [0.5, 0.6) is 0 Å². The quantitative estimate of drug-likeness (QED) is 0.875. The Kier molecular flexibility index (Phi) is 4.09. The number of halogens is 1. The minimum atomic E-state index is -1.15. The summed E-state index contributed by atoms with van der Waals surface area (Å²) in [6.45, 7) is 4.30. The van der Waals surface area contributed by atoms with E-state index in [2.05, 4.69) is 4.98 Å². The number of alkyl halides is 1. The molecule has 1 aliphatic heterocycles. The Morgan fingerprint density at radius 1 is 1.58 bits per heavy atom. The first-order valence-electron chi connectivity index (χ1n) is 6.50. The molecule has 0 aromatic carbocycles. The lowest BCUT2D eigenvalue weighted by Gasteiger charge is -2.35. The van der Waals surface area contributed by atoms with Crippen molar-refractivity contribution in [3.8, 4) is 0 Å². The zero-order valence-electron chi connectivity index (χ0n) is 11.2. The number of hydrogen-bond donors (Lipinski definition) is 2. The standard InChI is InChI=1S/C13H20FN3O2/c1-8(2)19-12-3-4-17(7-10(12)14)13(18)9-5-16-6-11(9)15/h5-6,8,10,12,16H,3-4,7,15H2,1-2H3/t10-,12+/m1/s1. The van der Waals surface area contributed by atoms with E-state index in [0.29, 0.717) is 24.2 Å². The lowest BCUT2D eigenvalue weighted by atomic mass is 10.0. The van der Waals surface area contributed by atoms with Crippen LogP contribution in [0.25, 0.3) is 0 Å². The fraction of sp³-hybridized carbons (Fsp3) is 0.615. The van der Waals surface area contributed by atoms with Crippen LogP contribution in [0.3, 0.4) is 0 Å². The van der Waals surface area contributed by atoms with Gasteiger partial charge in [-0.1, -0.05) is 0 Å². The number of H-pyrrole nitrogens is 1. The topological polar surface area (TPSA) is 71.3 Å². The van der Waals surface area contributed by atoms with Crippen LogP contribution in [0.4, 0.5) is 10.1 Å². The van der Waals surface area contributed by atoms with E-state index in [9.17, 15) is 9.18 Å². The summed E-state index contributed by atoms with van der Waals surface area (Å²) in [6, 6.07) is 0. The molecule has 1 saturated heterocycles. The molecule has 0 radical (unpaired) electrons. The summed E-state index contributed by atoms with van der Waals surface area (Å²) in [5.74, 6) is -0.232. The van der Waals surface area contributed by atoms with Crippen molar-refractivity contribution in [1.29, 1.82) is 0 Å². The van der Waals surface area contributed by atoms with E-state index in [1.54, 1.807) is 12.4 Å². The number of hydrogen-bond acceptors (Lipinski definition) is 3. The largest absolute Gasteiger partial charge is 0.397 e. The Labute approximate surface area is 111 Å². The summed E-state index contributed by atoms with van der Waals surface area (Å²) in [5, 5.41) is 0. The Hall–Kier alpha value is -1.56. The van der Waals surface area contributed by atoms with Crippen LogP contribution in [-0.4, -0.2) is 47.3 Å². The average Bonchev–Trinajstić information content (AvgIpc) is 2.76. The van der Waals surface area contributed by atoms with Gasteiger partial charge in [-0.15, -0.1) is 0 Å². The fourth-order valence-electron chi connectivity index (χ4n) is 2.30. The zero-order chi connectivity index (χ0) is 14.0. The molecule has 0 spiro atoms. The number of carbonyl (C=O) groups excluding carboxylic acids is 1. The third-order valence-corrected chi connectivity index (χ3v) is 3.22. The average molecular weight is 269 g/mol. The van der Waals surface area contributed by atoms with Crippen molar-refractivity contribution in [2.24, 2.45) is 0 Å². The maximum atomic E-state index is 14.0. The van der Waals surface area contributed by atoms with Crippen LogP contribution in [0.2, 0.25) is 0 Å². The van der Waals surface area contributed by atoms with Crippen LogP contribution in [0.1, 0.15) is 30.6 Å². The second kappa shape index (κ2) is 5.61. The van der Waals surface area contributed by atoms with Gasteiger partial charge in [0, 0.05) is 18.9 Å². The number of nitrogens with zero attached hydrogens (tertiary/aromatic N) is 1. The number of amides is 1. The molecule has 1 fully saturated rings. The van der Waals surface area contributed by atoms with Gasteiger partial charge in [0.15, 0.2) is 0 Å². The monoisotopic (exact) mass is 269 g/mol. The molecule has 5 nitrogen and oxygen atoms in total. The van der Waals surface area contributed by atoms with Crippen LogP contribution in [0, 0.1) is 0 Å². The van der Waals surface area contributed by atoms with Gasteiger partial charge >= 0.3 is 0 Å². The number of nitrogen functional groups attached to an aromatic ring is 1. The summed E-state index contributed by atoms with van der Waals surface area (Å²) in [6.07, 6.45) is 2.02.